The Hall–Kier alpha value is -7.26. The SMILES string of the molecule is CC(=O)OCC1OC(OCCCCC(=O)CCCCNC(=O)CCC(CCC(=O)CCCCNC(=O)CCCCOC2OC(COC(C)=O)C(OC(C)=O)C(C)C2C)(CCC(=O)NCCCNC(=O)CCCCOC2OC(COC(C)=O)C(OC(C)=O)C(C)C2C)NC(=O)CCCC(=O)O)C(C)C(C)C1OC(C)=O. The lowest BCUT2D eigenvalue weighted by Crippen LogP contribution is -2.53. The summed E-state index contributed by atoms with van der Waals surface area (Å²) < 4.78 is 68.5. The van der Waals surface area contributed by atoms with Gasteiger partial charge in [0.15, 0.2) is 18.9 Å². The van der Waals surface area contributed by atoms with Gasteiger partial charge in [-0.1, -0.05) is 41.5 Å². The topological polar surface area (TPSA) is 430 Å². The summed E-state index contributed by atoms with van der Waals surface area (Å²) in [5, 5.41) is 23.9. The Bertz CT molecular complexity index is 2610. The first-order valence-corrected chi connectivity index (χ1v) is 39.1. The van der Waals surface area contributed by atoms with Crippen LogP contribution in [0.3, 0.4) is 0 Å². The summed E-state index contributed by atoms with van der Waals surface area (Å²) in [5.74, 6) is -6.82. The van der Waals surface area contributed by atoms with E-state index in [0.29, 0.717) is 90.2 Å². The molecule has 0 radical (unpaired) electrons. The Labute approximate surface area is 642 Å². The van der Waals surface area contributed by atoms with Crippen LogP contribution in [0.15, 0.2) is 0 Å². The monoisotopic (exact) mass is 1550 g/mol. The lowest BCUT2D eigenvalue weighted by molar-refractivity contribution is -0.273. The second-order valence-corrected chi connectivity index (χ2v) is 29.2. The van der Waals surface area contributed by atoms with Crippen LogP contribution in [0.2, 0.25) is 0 Å². The fraction of sp³-hybridized carbons (Fsp3) is 0.818. The molecule has 622 valence electrons. The zero-order chi connectivity index (χ0) is 81.0. The molecule has 0 aromatic carbocycles. The van der Waals surface area contributed by atoms with Crippen molar-refractivity contribution in [3.8, 4) is 0 Å². The van der Waals surface area contributed by atoms with Gasteiger partial charge in [0.2, 0.25) is 29.5 Å². The quantitative estimate of drug-likeness (QED) is 0.0207. The largest absolute Gasteiger partial charge is 0.481 e. The lowest BCUT2D eigenvalue weighted by atomic mass is 9.82. The molecule has 3 heterocycles. The maximum absolute atomic E-state index is 13.7. The van der Waals surface area contributed by atoms with Crippen LogP contribution in [0.5, 0.6) is 0 Å². The number of hydrogen-bond donors (Lipinski definition) is 6. The van der Waals surface area contributed by atoms with E-state index in [0.717, 1.165) is 0 Å². The second kappa shape index (κ2) is 52.8. The van der Waals surface area contributed by atoms with Crippen LogP contribution < -0.4 is 26.6 Å². The first-order chi connectivity index (χ1) is 51.7. The Morgan fingerprint density at radius 3 is 0.945 bits per heavy atom. The van der Waals surface area contributed by atoms with Crippen LogP contribution in [0.1, 0.15) is 244 Å². The van der Waals surface area contributed by atoms with Crippen LogP contribution >= 0.6 is 0 Å². The summed E-state index contributed by atoms with van der Waals surface area (Å²) in [6.07, 6.45) is -0.0770. The third-order valence-electron chi connectivity index (χ3n) is 20.1. The van der Waals surface area contributed by atoms with Crippen LogP contribution in [-0.2, 0) is 124 Å². The summed E-state index contributed by atoms with van der Waals surface area (Å²) in [7, 11) is 0. The molecule has 3 aliphatic heterocycles. The summed E-state index contributed by atoms with van der Waals surface area (Å²) in [6.45, 7) is 20.7. The molecule has 0 spiro atoms. The predicted molar refractivity (Wildman–Crippen MR) is 391 cm³/mol. The summed E-state index contributed by atoms with van der Waals surface area (Å²) in [4.78, 5) is 175. The molecule has 16 unspecified atom stereocenters. The molecule has 0 bridgehead atoms. The fourth-order valence-electron chi connectivity index (χ4n) is 13.2. The van der Waals surface area contributed by atoms with Crippen molar-refractivity contribution in [1.82, 2.24) is 26.6 Å². The molecule has 3 aliphatic rings. The van der Waals surface area contributed by atoms with Crippen molar-refractivity contribution >= 4 is 82.9 Å². The third kappa shape index (κ3) is 40.0. The standard InChI is InChI=1S/C77H127N5O27/c1-48-51(4)74(107-62(45-101-54(7)83)71(48)104-57(10)86)98-42-20-15-27-60(89)25-13-18-39-79-67(93)33-36-77(82-69(95)30-23-31-70(96)97,35-32-61(90)26-14-19-38-78-65(91)28-16-21-43-99-75-52(5)49(2)72(105-58(11)87)63(108-75)46-102-55(8)84)37-34-68(94)81-41-24-40-80-66(92)29-17-22-44-100-76-53(6)50(3)73(106-59(12)88)64(109-76)47-103-56(9)85/h48-53,62-64,71-76H,13-47H2,1-12H3,(H,78,91)(H,79,93)(H,80,92)(H,81,94)(H,82,95)(H,96,97). The van der Waals surface area contributed by atoms with Gasteiger partial charge in [-0.25, -0.2) is 0 Å². The number of carboxylic acids is 1. The molecule has 3 saturated heterocycles. The molecule has 16 atom stereocenters. The molecule has 0 aromatic rings. The molecular formula is C77H127N5O27. The molecule has 0 saturated carbocycles. The van der Waals surface area contributed by atoms with Gasteiger partial charge < -0.3 is 88.5 Å². The molecule has 6 N–H and O–H groups in total. The Balaban J connectivity index is 1.56. The van der Waals surface area contributed by atoms with Gasteiger partial charge in [-0.3, -0.25) is 67.1 Å². The number of rotatable bonds is 55. The van der Waals surface area contributed by atoms with E-state index in [1.165, 1.54) is 41.5 Å². The number of ketones is 2. The van der Waals surface area contributed by atoms with Crippen molar-refractivity contribution in [2.45, 2.75) is 305 Å². The van der Waals surface area contributed by atoms with E-state index >= 15 is 0 Å². The highest BCUT2D eigenvalue weighted by Crippen LogP contribution is 2.37. The van der Waals surface area contributed by atoms with Gasteiger partial charge in [0, 0.05) is 193 Å². The minimum absolute atomic E-state index is 0.0110. The number of aliphatic carboxylic acids is 1. The smallest absolute Gasteiger partial charge is 0.303 e. The van der Waals surface area contributed by atoms with Crippen molar-refractivity contribution in [2.24, 2.45) is 35.5 Å². The molecule has 0 aromatic heterocycles. The van der Waals surface area contributed by atoms with E-state index in [1.807, 2.05) is 41.5 Å². The third-order valence-corrected chi connectivity index (χ3v) is 20.1. The van der Waals surface area contributed by atoms with E-state index in [1.54, 1.807) is 0 Å². The fourth-order valence-corrected chi connectivity index (χ4v) is 13.2. The van der Waals surface area contributed by atoms with Crippen LogP contribution in [0.4, 0.5) is 0 Å². The number of Topliss-reactive ketones (excluding diaryl/α,β-unsaturated/α-hetero) is 2. The van der Waals surface area contributed by atoms with Crippen LogP contribution in [0, 0.1) is 35.5 Å². The van der Waals surface area contributed by atoms with E-state index in [9.17, 15) is 72.2 Å². The normalized spacial score (nSPS) is 24.3. The Morgan fingerprint density at radius 1 is 0.321 bits per heavy atom. The molecule has 109 heavy (non-hydrogen) atoms. The van der Waals surface area contributed by atoms with Gasteiger partial charge in [0.25, 0.3) is 0 Å². The van der Waals surface area contributed by atoms with E-state index in [-0.39, 0.29) is 207 Å². The highest BCUT2D eigenvalue weighted by atomic mass is 16.7. The van der Waals surface area contributed by atoms with Gasteiger partial charge in [-0.05, 0) is 96.3 Å². The van der Waals surface area contributed by atoms with Gasteiger partial charge in [0.1, 0.15) is 68.0 Å². The van der Waals surface area contributed by atoms with Crippen molar-refractivity contribution in [3.63, 3.8) is 0 Å². The molecular weight excluding hydrogens is 1430 g/mol. The molecule has 32 nitrogen and oxygen atoms in total. The number of esters is 6. The van der Waals surface area contributed by atoms with Gasteiger partial charge in [0.05, 0.1) is 0 Å². The summed E-state index contributed by atoms with van der Waals surface area (Å²) >= 11 is 0. The second-order valence-electron chi connectivity index (χ2n) is 29.2. The van der Waals surface area contributed by atoms with E-state index in [4.69, 9.17) is 56.8 Å². The molecule has 0 aliphatic carbocycles. The van der Waals surface area contributed by atoms with Crippen LogP contribution in [-0.4, -0.2) is 215 Å². The zero-order valence-corrected chi connectivity index (χ0v) is 66.5. The summed E-state index contributed by atoms with van der Waals surface area (Å²) in [6, 6.07) is 0. The molecule has 5 amide bonds. The lowest BCUT2D eigenvalue weighted by Gasteiger charge is -2.43. The number of unbranched alkanes of at least 4 members (excludes halogenated alkanes) is 5. The van der Waals surface area contributed by atoms with Gasteiger partial charge in [-0.2, -0.15) is 0 Å². The van der Waals surface area contributed by atoms with Crippen molar-refractivity contribution in [1.29, 1.82) is 0 Å². The van der Waals surface area contributed by atoms with Gasteiger partial charge in [-0.15, -0.1) is 0 Å². The maximum Gasteiger partial charge on any atom is 0.303 e. The minimum atomic E-state index is -1.27. The zero-order valence-electron chi connectivity index (χ0n) is 66.5. The number of amides is 5. The number of hydrogen-bond acceptors (Lipinski definition) is 26. The average Bonchev–Trinajstić information content (AvgIpc) is 0.818. The van der Waals surface area contributed by atoms with Crippen LogP contribution in [0.25, 0.3) is 0 Å². The molecule has 32 heteroatoms. The number of ether oxygens (including phenoxy) is 12. The van der Waals surface area contributed by atoms with E-state index < -0.39 is 109 Å². The highest BCUT2D eigenvalue weighted by molar-refractivity contribution is 5.82. The van der Waals surface area contributed by atoms with Crippen molar-refractivity contribution in [2.75, 3.05) is 65.8 Å². The van der Waals surface area contributed by atoms with Crippen molar-refractivity contribution in [3.05, 3.63) is 0 Å². The highest BCUT2D eigenvalue weighted by Gasteiger charge is 2.47. The Morgan fingerprint density at radius 2 is 0.615 bits per heavy atom. The number of carboxylic acid groups (broad SMARTS) is 1. The first-order valence-electron chi connectivity index (χ1n) is 39.1. The first kappa shape index (κ1) is 95.9. The number of nitrogens with one attached hydrogen (secondary N) is 5. The summed E-state index contributed by atoms with van der Waals surface area (Å²) in [5.41, 5.74) is -1.27. The van der Waals surface area contributed by atoms with E-state index in [2.05, 4.69) is 26.6 Å². The average molecular weight is 1550 g/mol. The Kier molecular flexibility index (Phi) is 46.5. The maximum atomic E-state index is 13.7. The molecule has 3 rings (SSSR count). The number of carbonyl (C=O) groups is 14. The van der Waals surface area contributed by atoms with Gasteiger partial charge >= 0.3 is 41.8 Å². The minimum Gasteiger partial charge on any atom is -0.481 e. The molecule has 3 fully saturated rings. The number of carbonyl (C=O) groups excluding carboxylic acids is 13. The predicted octanol–water partition coefficient (Wildman–Crippen LogP) is 6.81. The van der Waals surface area contributed by atoms with Crippen molar-refractivity contribution < 1.29 is 129 Å².